The van der Waals surface area contributed by atoms with Crippen molar-refractivity contribution in [1.29, 1.82) is 0 Å². The Kier molecular flexibility index (Phi) is 3.68. The molecule has 0 heterocycles. The van der Waals surface area contributed by atoms with Crippen LogP contribution in [0.25, 0.3) is 0 Å². The smallest absolute Gasteiger partial charge is 0.325 e. The zero-order valence-electron chi connectivity index (χ0n) is 8.36. The van der Waals surface area contributed by atoms with E-state index in [1.165, 1.54) is 11.0 Å². The van der Waals surface area contributed by atoms with Gasteiger partial charge in [0.25, 0.3) is 0 Å². The molecule has 0 unspecified atom stereocenters. The Morgan fingerprint density at radius 1 is 1.57 bits per heavy atom. The average Bonchev–Trinajstić information content (AvgIpc) is 2.97. The van der Waals surface area contributed by atoms with Gasteiger partial charge in [-0.2, -0.15) is 0 Å². The van der Waals surface area contributed by atoms with Crippen LogP contribution < -0.4 is 0 Å². The van der Waals surface area contributed by atoms with E-state index in [0.717, 1.165) is 12.8 Å². The van der Waals surface area contributed by atoms with Crippen LogP contribution in [0.3, 0.4) is 0 Å². The molecule has 0 N–H and O–H groups in total. The van der Waals surface area contributed by atoms with Crippen LogP contribution in [0.1, 0.15) is 19.8 Å². The summed E-state index contributed by atoms with van der Waals surface area (Å²) in [5.74, 6) is -0.546. The summed E-state index contributed by atoms with van der Waals surface area (Å²) >= 11 is 0. The van der Waals surface area contributed by atoms with Gasteiger partial charge in [0.05, 0.1) is 6.61 Å². The van der Waals surface area contributed by atoms with E-state index in [2.05, 4.69) is 6.58 Å². The zero-order chi connectivity index (χ0) is 10.6. The summed E-state index contributed by atoms with van der Waals surface area (Å²) in [4.78, 5) is 24.0. The molecule has 1 fully saturated rings. The minimum atomic E-state index is -0.352. The van der Waals surface area contributed by atoms with E-state index in [1.54, 1.807) is 6.92 Å². The minimum absolute atomic E-state index is 0.0450. The summed E-state index contributed by atoms with van der Waals surface area (Å²) < 4.78 is 4.78. The van der Waals surface area contributed by atoms with Gasteiger partial charge in [-0.3, -0.25) is 9.59 Å². The second-order valence-corrected chi connectivity index (χ2v) is 3.21. The van der Waals surface area contributed by atoms with Gasteiger partial charge in [-0.15, -0.1) is 0 Å². The molecule has 0 aromatic heterocycles. The van der Waals surface area contributed by atoms with Crippen molar-refractivity contribution in [2.45, 2.75) is 25.8 Å². The topological polar surface area (TPSA) is 46.6 Å². The Hall–Kier alpha value is -1.32. The third kappa shape index (κ3) is 2.87. The molecule has 1 rings (SSSR count). The number of rotatable bonds is 5. The lowest BCUT2D eigenvalue weighted by Crippen LogP contribution is -2.37. The predicted molar refractivity (Wildman–Crippen MR) is 51.6 cm³/mol. The summed E-state index contributed by atoms with van der Waals surface area (Å²) in [6.07, 6.45) is 3.18. The van der Waals surface area contributed by atoms with Gasteiger partial charge in [0.2, 0.25) is 5.91 Å². The molecule has 78 valence electrons. The van der Waals surface area contributed by atoms with Crippen LogP contribution in [0, 0.1) is 0 Å². The molecule has 1 saturated carbocycles. The van der Waals surface area contributed by atoms with Crippen molar-refractivity contribution < 1.29 is 14.3 Å². The van der Waals surface area contributed by atoms with Crippen molar-refractivity contribution in [1.82, 2.24) is 4.90 Å². The van der Waals surface area contributed by atoms with Crippen LogP contribution in [0.4, 0.5) is 0 Å². The molecular weight excluding hydrogens is 182 g/mol. The van der Waals surface area contributed by atoms with Crippen LogP contribution in [0.2, 0.25) is 0 Å². The first-order valence-corrected chi connectivity index (χ1v) is 4.77. The first-order chi connectivity index (χ1) is 6.69. The number of hydrogen-bond acceptors (Lipinski definition) is 3. The Morgan fingerprint density at radius 3 is 2.64 bits per heavy atom. The number of carbonyl (C=O) groups is 2. The number of hydrogen-bond donors (Lipinski definition) is 0. The zero-order valence-corrected chi connectivity index (χ0v) is 8.36. The molecular formula is C10H15NO3. The largest absolute Gasteiger partial charge is 0.465 e. The predicted octanol–water partition coefficient (Wildman–Crippen LogP) is 0.726. The first-order valence-electron chi connectivity index (χ1n) is 4.77. The maximum atomic E-state index is 11.3. The molecule has 14 heavy (non-hydrogen) atoms. The highest BCUT2D eigenvalue weighted by Crippen LogP contribution is 2.26. The average molecular weight is 197 g/mol. The molecule has 0 spiro atoms. The summed E-state index contributed by atoms with van der Waals surface area (Å²) in [7, 11) is 0. The fourth-order valence-electron chi connectivity index (χ4n) is 1.24. The number of esters is 1. The maximum Gasteiger partial charge on any atom is 0.325 e. The van der Waals surface area contributed by atoms with Gasteiger partial charge < -0.3 is 9.64 Å². The van der Waals surface area contributed by atoms with Gasteiger partial charge in [-0.05, 0) is 25.8 Å². The van der Waals surface area contributed by atoms with Gasteiger partial charge in [0.1, 0.15) is 6.54 Å². The maximum absolute atomic E-state index is 11.3. The molecule has 1 aliphatic carbocycles. The Labute approximate surface area is 83.5 Å². The van der Waals surface area contributed by atoms with E-state index in [1.807, 2.05) is 0 Å². The lowest BCUT2D eigenvalue weighted by atomic mass is 10.4. The molecule has 0 bridgehead atoms. The SMILES string of the molecule is C=CC(=O)N(CC(=O)OCC)C1CC1. The summed E-state index contributed by atoms with van der Waals surface area (Å²) in [5, 5.41) is 0. The van der Waals surface area contributed by atoms with Crippen LogP contribution in [0.15, 0.2) is 12.7 Å². The summed E-state index contributed by atoms with van der Waals surface area (Å²) in [6, 6.07) is 0.213. The van der Waals surface area contributed by atoms with Crippen molar-refractivity contribution in [3.05, 3.63) is 12.7 Å². The van der Waals surface area contributed by atoms with Crippen molar-refractivity contribution in [2.24, 2.45) is 0 Å². The molecule has 0 aromatic carbocycles. The van der Waals surface area contributed by atoms with Crippen LogP contribution >= 0.6 is 0 Å². The fourth-order valence-corrected chi connectivity index (χ4v) is 1.24. The fraction of sp³-hybridized carbons (Fsp3) is 0.600. The van der Waals surface area contributed by atoms with Gasteiger partial charge in [-0.1, -0.05) is 6.58 Å². The highest BCUT2D eigenvalue weighted by atomic mass is 16.5. The molecule has 4 heteroatoms. The number of amides is 1. The van der Waals surface area contributed by atoms with Crippen molar-refractivity contribution in [3.63, 3.8) is 0 Å². The normalized spacial score (nSPS) is 14.6. The summed E-state index contributed by atoms with van der Waals surface area (Å²) in [5.41, 5.74) is 0. The van der Waals surface area contributed by atoms with Gasteiger partial charge >= 0.3 is 5.97 Å². The van der Waals surface area contributed by atoms with Crippen LogP contribution in [-0.2, 0) is 14.3 Å². The summed E-state index contributed by atoms with van der Waals surface area (Å²) in [6.45, 7) is 5.54. The van der Waals surface area contributed by atoms with Gasteiger partial charge in [0.15, 0.2) is 0 Å². The standard InChI is InChI=1S/C10H15NO3/c1-3-9(12)11(8-5-6-8)7-10(13)14-4-2/h3,8H,1,4-7H2,2H3. The Balaban J connectivity index is 2.46. The highest BCUT2D eigenvalue weighted by Gasteiger charge is 2.32. The third-order valence-electron chi connectivity index (χ3n) is 2.05. The van der Waals surface area contributed by atoms with Crippen LogP contribution in [-0.4, -0.2) is 36.0 Å². The monoisotopic (exact) mass is 197 g/mol. The minimum Gasteiger partial charge on any atom is -0.465 e. The van der Waals surface area contributed by atoms with E-state index in [0.29, 0.717) is 6.61 Å². The number of nitrogens with zero attached hydrogens (tertiary/aromatic N) is 1. The molecule has 1 amide bonds. The Morgan fingerprint density at radius 2 is 2.21 bits per heavy atom. The third-order valence-corrected chi connectivity index (χ3v) is 2.05. The molecule has 0 atom stereocenters. The van der Waals surface area contributed by atoms with E-state index in [4.69, 9.17) is 4.74 Å². The van der Waals surface area contributed by atoms with E-state index in [-0.39, 0.29) is 24.5 Å². The molecule has 1 aliphatic rings. The quantitative estimate of drug-likeness (QED) is 0.482. The van der Waals surface area contributed by atoms with Crippen LogP contribution in [0.5, 0.6) is 0 Å². The van der Waals surface area contributed by atoms with Crippen molar-refractivity contribution in [2.75, 3.05) is 13.2 Å². The molecule has 0 saturated heterocycles. The highest BCUT2D eigenvalue weighted by molar-refractivity contribution is 5.90. The van der Waals surface area contributed by atoms with E-state index < -0.39 is 0 Å². The number of ether oxygens (including phenoxy) is 1. The lowest BCUT2D eigenvalue weighted by molar-refractivity contribution is -0.148. The van der Waals surface area contributed by atoms with Gasteiger partial charge in [-0.25, -0.2) is 0 Å². The van der Waals surface area contributed by atoms with E-state index >= 15 is 0 Å². The molecule has 0 radical (unpaired) electrons. The molecule has 0 aromatic rings. The second kappa shape index (κ2) is 4.79. The van der Waals surface area contributed by atoms with Crippen molar-refractivity contribution >= 4 is 11.9 Å². The number of carbonyl (C=O) groups excluding carboxylic acids is 2. The van der Waals surface area contributed by atoms with Gasteiger partial charge in [0, 0.05) is 6.04 Å². The first kappa shape index (κ1) is 10.8. The molecule has 4 nitrogen and oxygen atoms in total. The van der Waals surface area contributed by atoms with E-state index in [9.17, 15) is 9.59 Å². The lowest BCUT2D eigenvalue weighted by Gasteiger charge is -2.19. The molecule has 0 aliphatic heterocycles. The van der Waals surface area contributed by atoms with Crippen molar-refractivity contribution in [3.8, 4) is 0 Å². The second-order valence-electron chi connectivity index (χ2n) is 3.21. The Bertz CT molecular complexity index is 246.